The fourth-order valence-electron chi connectivity index (χ4n) is 1.84. The Balaban J connectivity index is 2.53. The van der Waals surface area contributed by atoms with Gasteiger partial charge in [0.1, 0.15) is 5.75 Å². The number of hydrogen-bond acceptors (Lipinski definition) is 2. The third-order valence-corrected chi connectivity index (χ3v) is 2.45. The van der Waals surface area contributed by atoms with Crippen LogP contribution in [0.2, 0.25) is 0 Å². The molecular weight excluding hydrogens is 150 g/mol. The zero-order valence-electron chi connectivity index (χ0n) is 7.17. The van der Waals surface area contributed by atoms with Crippen molar-refractivity contribution in [2.75, 3.05) is 6.54 Å². The van der Waals surface area contributed by atoms with Crippen LogP contribution in [0.15, 0.2) is 18.2 Å². The predicted octanol–water partition coefficient (Wildman–Crippen LogP) is 1.60. The van der Waals surface area contributed by atoms with Crippen LogP contribution in [0, 0.1) is 0 Å². The molecule has 1 aromatic carbocycles. The Labute approximate surface area is 72.2 Å². The summed E-state index contributed by atoms with van der Waals surface area (Å²) in [6, 6.07) is 6.04. The summed E-state index contributed by atoms with van der Waals surface area (Å²) < 4.78 is 0. The molecule has 0 fully saturated rings. The van der Waals surface area contributed by atoms with Crippen molar-refractivity contribution in [1.82, 2.24) is 5.32 Å². The second kappa shape index (κ2) is 2.79. The molecule has 12 heavy (non-hydrogen) atoms. The van der Waals surface area contributed by atoms with Crippen LogP contribution in [0.1, 0.15) is 24.1 Å². The highest BCUT2D eigenvalue weighted by Crippen LogP contribution is 2.30. The molecule has 1 aromatic rings. The molecule has 1 unspecified atom stereocenters. The van der Waals surface area contributed by atoms with E-state index in [2.05, 4.69) is 18.3 Å². The third kappa shape index (κ3) is 1.08. The Kier molecular flexibility index (Phi) is 1.77. The Morgan fingerprint density at radius 2 is 2.33 bits per heavy atom. The van der Waals surface area contributed by atoms with Gasteiger partial charge in [0.05, 0.1) is 0 Å². The second-order valence-electron chi connectivity index (χ2n) is 3.28. The number of phenols is 1. The van der Waals surface area contributed by atoms with Crippen LogP contribution in [0.5, 0.6) is 5.75 Å². The van der Waals surface area contributed by atoms with Crippen molar-refractivity contribution in [2.24, 2.45) is 0 Å². The summed E-state index contributed by atoms with van der Waals surface area (Å²) in [6.45, 7) is 3.09. The van der Waals surface area contributed by atoms with Crippen LogP contribution in [0.25, 0.3) is 0 Å². The molecule has 0 saturated carbocycles. The SMILES string of the molecule is CC1NCCc2cccc(O)c21. The van der Waals surface area contributed by atoms with Crippen LogP contribution in [0.3, 0.4) is 0 Å². The first-order valence-corrected chi connectivity index (χ1v) is 4.33. The van der Waals surface area contributed by atoms with Crippen LogP contribution in [0.4, 0.5) is 0 Å². The van der Waals surface area contributed by atoms with E-state index in [1.54, 1.807) is 6.07 Å². The zero-order chi connectivity index (χ0) is 8.55. The molecule has 0 aromatic heterocycles. The maximum Gasteiger partial charge on any atom is 0.120 e. The molecule has 1 aliphatic rings. The van der Waals surface area contributed by atoms with E-state index in [-0.39, 0.29) is 6.04 Å². The highest BCUT2D eigenvalue weighted by Gasteiger charge is 2.18. The van der Waals surface area contributed by atoms with Gasteiger partial charge in [-0.05, 0) is 31.5 Å². The molecular formula is C10H13NO. The van der Waals surface area contributed by atoms with Crippen molar-refractivity contribution >= 4 is 0 Å². The van der Waals surface area contributed by atoms with Crippen molar-refractivity contribution in [3.05, 3.63) is 29.3 Å². The fourth-order valence-corrected chi connectivity index (χ4v) is 1.84. The Hall–Kier alpha value is -1.02. The summed E-state index contributed by atoms with van der Waals surface area (Å²) in [5.41, 5.74) is 2.35. The highest BCUT2D eigenvalue weighted by molar-refractivity contribution is 5.42. The van der Waals surface area contributed by atoms with E-state index in [1.807, 2.05) is 6.07 Å². The lowest BCUT2D eigenvalue weighted by molar-refractivity contribution is 0.442. The van der Waals surface area contributed by atoms with Gasteiger partial charge in [-0.3, -0.25) is 0 Å². The first-order valence-electron chi connectivity index (χ1n) is 4.33. The average Bonchev–Trinajstić information content (AvgIpc) is 2.04. The van der Waals surface area contributed by atoms with Crippen LogP contribution in [-0.2, 0) is 6.42 Å². The summed E-state index contributed by atoms with van der Waals surface area (Å²) in [5.74, 6) is 0.423. The second-order valence-corrected chi connectivity index (χ2v) is 3.28. The van der Waals surface area contributed by atoms with Gasteiger partial charge in [-0.1, -0.05) is 12.1 Å². The summed E-state index contributed by atoms with van der Waals surface area (Å²) in [6.07, 6.45) is 1.02. The van der Waals surface area contributed by atoms with Crippen molar-refractivity contribution in [3.63, 3.8) is 0 Å². The van der Waals surface area contributed by atoms with E-state index in [4.69, 9.17) is 0 Å². The Bertz CT molecular complexity index is 296. The summed E-state index contributed by atoms with van der Waals surface area (Å²) in [4.78, 5) is 0. The minimum Gasteiger partial charge on any atom is -0.508 e. The first kappa shape index (κ1) is 7.62. The van der Waals surface area contributed by atoms with Gasteiger partial charge in [-0.15, -0.1) is 0 Å². The molecule has 64 valence electrons. The van der Waals surface area contributed by atoms with Gasteiger partial charge >= 0.3 is 0 Å². The normalized spacial score (nSPS) is 21.9. The maximum atomic E-state index is 9.59. The Morgan fingerprint density at radius 3 is 3.08 bits per heavy atom. The largest absolute Gasteiger partial charge is 0.508 e. The van der Waals surface area contributed by atoms with Crippen molar-refractivity contribution in [3.8, 4) is 5.75 Å². The standard InChI is InChI=1S/C10H13NO/c1-7-10-8(5-6-11-7)3-2-4-9(10)12/h2-4,7,11-12H,5-6H2,1H3. The number of rotatable bonds is 0. The average molecular weight is 163 g/mol. The monoisotopic (exact) mass is 163 g/mol. The molecule has 1 heterocycles. The molecule has 0 amide bonds. The zero-order valence-corrected chi connectivity index (χ0v) is 7.17. The van der Waals surface area contributed by atoms with Gasteiger partial charge in [-0.25, -0.2) is 0 Å². The molecule has 1 aliphatic heterocycles. The molecule has 0 aliphatic carbocycles. The first-order chi connectivity index (χ1) is 5.79. The highest BCUT2D eigenvalue weighted by atomic mass is 16.3. The van der Waals surface area contributed by atoms with Crippen LogP contribution < -0.4 is 5.32 Å². The summed E-state index contributed by atoms with van der Waals surface area (Å²) in [5, 5.41) is 12.9. The summed E-state index contributed by atoms with van der Waals surface area (Å²) in [7, 11) is 0. The van der Waals surface area contributed by atoms with E-state index in [0.717, 1.165) is 18.5 Å². The number of fused-ring (bicyclic) bond motifs is 1. The maximum absolute atomic E-state index is 9.59. The molecule has 1 atom stereocenters. The number of nitrogens with one attached hydrogen (secondary N) is 1. The van der Waals surface area contributed by atoms with E-state index in [9.17, 15) is 5.11 Å². The van der Waals surface area contributed by atoms with Crippen molar-refractivity contribution in [2.45, 2.75) is 19.4 Å². The van der Waals surface area contributed by atoms with Crippen molar-refractivity contribution in [1.29, 1.82) is 0 Å². The van der Waals surface area contributed by atoms with Gasteiger partial charge in [0, 0.05) is 11.6 Å². The van der Waals surface area contributed by atoms with E-state index < -0.39 is 0 Å². The lowest BCUT2D eigenvalue weighted by Gasteiger charge is -2.24. The number of hydrogen-bond donors (Lipinski definition) is 2. The van der Waals surface area contributed by atoms with Crippen LogP contribution >= 0.6 is 0 Å². The molecule has 0 saturated heterocycles. The fraction of sp³-hybridized carbons (Fsp3) is 0.400. The quantitative estimate of drug-likeness (QED) is 0.609. The van der Waals surface area contributed by atoms with Gasteiger partial charge in [-0.2, -0.15) is 0 Å². The minimum absolute atomic E-state index is 0.287. The van der Waals surface area contributed by atoms with Gasteiger partial charge in [0.15, 0.2) is 0 Å². The molecule has 2 heteroatoms. The third-order valence-electron chi connectivity index (χ3n) is 2.45. The molecule has 0 radical (unpaired) electrons. The van der Waals surface area contributed by atoms with Gasteiger partial charge in [0.25, 0.3) is 0 Å². The van der Waals surface area contributed by atoms with E-state index in [1.165, 1.54) is 5.56 Å². The minimum atomic E-state index is 0.287. The molecule has 2 rings (SSSR count). The van der Waals surface area contributed by atoms with E-state index >= 15 is 0 Å². The molecule has 0 spiro atoms. The van der Waals surface area contributed by atoms with Gasteiger partial charge < -0.3 is 10.4 Å². The lowest BCUT2D eigenvalue weighted by Crippen LogP contribution is -2.27. The topological polar surface area (TPSA) is 32.3 Å². The lowest BCUT2D eigenvalue weighted by atomic mass is 9.94. The number of aromatic hydroxyl groups is 1. The summed E-state index contributed by atoms with van der Waals surface area (Å²) >= 11 is 0. The van der Waals surface area contributed by atoms with Gasteiger partial charge in [0.2, 0.25) is 0 Å². The Morgan fingerprint density at radius 1 is 1.50 bits per heavy atom. The van der Waals surface area contributed by atoms with Crippen molar-refractivity contribution < 1.29 is 5.11 Å². The number of benzene rings is 1. The molecule has 2 nitrogen and oxygen atoms in total. The predicted molar refractivity (Wildman–Crippen MR) is 48.2 cm³/mol. The van der Waals surface area contributed by atoms with Crippen LogP contribution in [-0.4, -0.2) is 11.7 Å². The molecule has 0 bridgehead atoms. The molecule has 2 N–H and O–H groups in total. The van der Waals surface area contributed by atoms with E-state index in [0.29, 0.717) is 5.75 Å². The smallest absolute Gasteiger partial charge is 0.120 e. The number of phenolic OH excluding ortho intramolecular Hbond substituents is 1.